The van der Waals surface area contributed by atoms with Crippen molar-refractivity contribution >= 4 is 27.8 Å². The average Bonchev–Trinajstić information content (AvgIpc) is 2.46. The topological polar surface area (TPSA) is 81.4 Å². The molecule has 0 saturated heterocycles. The van der Waals surface area contributed by atoms with Gasteiger partial charge in [0.15, 0.2) is 0 Å². The van der Waals surface area contributed by atoms with E-state index < -0.39 is 6.04 Å². The molecule has 1 aromatic carbocycles. The third kappa shape index (κ3) is 4.94. The van der Waals surface area contributed by atoms with Crippen LogP contribution in [0.1, 0.15) is 24.9 Å². The van der Waals surface area contributed by atoms with E-state index in [-0.39, 0.29) is 30.8 Å². The van der Waals surface area contributed by atoms with E-state index in [1.165, 1.54) is 7.11 Å². The van der Waals surface area contributed by atoms with E-state index in [4.69, 9.17) is 5.73 Å². The van der Waals surface area contributed by atoms with E-state index in [1.54, 1.807) is 6.92 Å². The number of carbonyl (C=O) groups is 2. The van der Waals surface area contributed by atoms with Gasteiger partial charge in [0.2, 0.25) is 5.91 Å². The van der Waals surface area contributed by atoms with Crippen LogP contribution in [-0.4, -0.2) is 25.5 Å². The maximum absolute atomic E-state index is 11.9. The lowest BCUT2D eigenvalue weighted by Gasteiger charge is -2.20. The van der Waals surface area contributed by atoms with Crippen LogP contribution in [0.4, 0.5) is 0 Å². The van der Waals surface area contributed by atoms with Gasteiger partial charge in [-0.15, -0.1) is 0 Å². The van der Waals surface area contributed by atoms with Crippen molar-refractivity contribution in [3.05, 3.63) is 34.3 Å². The summed E-state index contributed by atoms with van der Waals surface area (Å²) in [6.07, 6.45) is 0.0845. The minimum absolute atomic E-state index is 0.0845. The molecule has 0 aliphatic rings. The van der Waals surface area contributed by atoms with Crippen molar-refractivity contribution in [2.75, 3.05) is 13.7 Å². The molecule has 0 heterocycles. The lowest BCUT2D eigenvalue weighted by molar-refractivity contribution is -0.141. The van der Waals surface area contributed by atoms with Gasteiger partial charge in [0.05, 0.1) is 19.6 Å². The molecule has 1 amide bonds. The fourth-order valence-corrected chi connectivity index (χ4v) is 1.88. The van der Waals surface area contributed by atoms with Gasteiger partial charge >= 0.3 is 5.97 Å². The highest BCUT2D eigenvalue weighted by Crippen LogP contribution is 2.20. The van der Waals surface area contributed by atoms with Crippen molar-refractivity contribution in [3.8, 4) is 0 Å². The van der Waals surface area contributed by atoms with E-state index in [0.717, 1.165) is 10.0 Å². The highest BCUT2D eigenvalue weighted by atomic mass is 79.9. The second-order valence-corrected chi connectivity index (χ2v) is 5.45. The number of esters is 1. The van der Waals surface area contributed by atoms with E-state index in [9.17, 15) is 9.59 Å². The van der Waals surface area contributed by atoms with Gasteiger partial charge in [0.1, 0.15) is 0 Å². The number of rotatable bonds is 6. The van der Waals surface area contributed by atoms with Crippen LogP contribution >= 0.6 is 15.9 Å². The SMILES string of the molecule is COC(=O)CC(NC(=O)C(C)CN)c1ccc(Br)cc1. The number of carbonyl (C=O) groups excluding carboxylic acids is 2. The van der Waals surface area contributed by atoms with Gasteiger partial charge in [-0.1, -0.05) is 35.0 Å². The Bertz CT molecular complexity index is 462. The summed E-state index contributed by atoms with van der Waals surface area (Å²) in [5.74, 6) is -0.853. The van der Waals surface area contributed by atoms with E-state index >= 15 is 0 Å². The summed E-state index contributed by atoms with van der Waals surface area (Å²) in [6.45, 7) is 2.00. The zero-order valence-corrected chi connectivity index (χ0v) is 13.1. The molecule has 0 aromatic heterocycles. The normalized spacial score (nSPS) is 13.4. The Kier molecular flexibility index (Phi) is 6.67. The van der Waals surface area contributed by atoms with Crippen molar-refractivity contribution in [3.63, 3.8) is 0 Å². The van der Waals surface area contributed by atoms with Crippen LogP contribution in [0.5, 0.6) is 0 Å². The van der Waals surface area contributed by atoms with Crippen molar-refractivity contribution in [1.82, 2.24) is 5.32 Å². The Morgan fingerprint density at radius 1 is 1.35 bits per heavy atom. The molecule has 2 atom stereocenters. The highest BCUT2D eigenvalue weighted by Gasteiger charge is 2.21. The molecule has 2 unspecified atom stereocenters. The highest BCUT2D eigenvalue weighted by molar-refractivity contribution is 9.10. The summed E-state index contributed by atoms with van der Waals surface area (Å²) in [7, 11) is 1.32. The number of hydrogen-bond donors (Lipinski definition) is 2. The molecule has 110 valence electrons. The lowest BCUT2D eigenvalue weighted by Crippen LogP contribution is -2.36. The second kappa shape index (κ2) is 8.01. The zero-order valence-electron chi connectivity index (χ0n) is 11.6. The van der Waals surface area contributed by atoms with Crippen LogP contribution in [0.15, 0.2) is 28.7 Å². The monoisotopic (exact) mass is 342 g/mol. The minimum Gasteiger partial charge on any atom is -0.469 e. The molecule has 0 saturated carbocycles. The van der Waals surface area contributed by atoms with Crippen LogP contribution in [0.3, 0.4) is 0 Å². The van der Waals surface area contributed by atoms with Gasteiger partial charge < -0.3 is 15.8 Å². The van der Waals surface area contributed by atoms with Crippen molar-refractivity contribution in [2.24, 2.45) is 11.7 Å². The molecule has 20 heavy (non-hydrogen) atoms. The van der Waals surface area contributed by atoms with Gasteiger partial charge in [-0.25, -0.2) is 0 Å². The number of amides is 1. The first kappa shape index (κ1) is 16.7. The Hall–Kier alpha value is -1.40. The van der Waals surface area contributed by atoms with Gasteiger partial charge in [-0.3, -0.25) is 9.59 Å². The molecule has 0 spiro atoms. The Morgan fingerprint density at radius 2 is 1.95 bits per heavy atom. The largest absolute Gasteiger partial charge is 0.469 e. The molecule has 1 rings (SSSR count). The molecule has 5 nitrogen and oxygen atoms in total. The first-order valence-corrected chi connectivity index (χ1v) is 7.10. The molecule has 3 N–H and O–H groups in total. The number of halogens is 1. The van der Waals surface area contributed by atoms with Crippen LogP contribution in [0.2, 0.25) is 0 Å². The van der Waals surface area contributed by atoms with Gasteiger partial charge in [0.25, 0.3) is 0 Å². The quantitative estimate of drug-likeness (QED) is 0.772. The number of nitrogens with one attached hydrogen (secondary N) is 1. The zero-order chi connectivity index (χ0) is 15.1. The smallest absolute Gasteiger partial charge is 0.307 e. The summed E-state index contributed by atoms with van der Waals surface area (Å²) in [6, 6.07) is 7.00. The number of benzene rings is 1. The van der Waals surface area contributed by atoms with Crippen molar-refractivity contribution < 1.29 is 14.3 Å². The molecule has 0 aliphatic carbocycles. The van der Waals surface area contributed by atoms with Crippen LogP contribution < -0.4 is 11.1 Å². The molecule has 6 heteroatoms. The third-order valence-electron chi connectivity index (χ3n) is 2.99. The van der Waals surface area contributed by atoms with E-state index in [1.807, 2.05) is 24.3 Å². The van der Waals surface area contributed by atoms with Crippen LogP contribution in [-0.2, 0) is 14.3 Å². The van der Waals surface area contributed by atoms with Crippen LogP contribution in [0, 0.1) is 5.92 Å². The van der Waals surface area contributed by atoms with Gasteiger partial charge in [0, 0.05) is 16.9 Å². The standard InChI is InChI=1S/C14H19BrN2O3/c1-9(8-16)14(19)17-12(7-13(18)20-2)10-3-5-11(15)6-4-10/h3-6,9,12H,7-8,16H2,1-2H3,(H,17,19). The first-order valence-electron chi connectivity index (χ1n) is 6.30. The summed E-state index contributed by atoms with van der Waals surface area (Å²) < 4.78 is 5.60. The minimum atomic E-state index is -0.419. The average molecular weight is 343 g/mol. The molecule has 0 radical (unpaired) electrons. The summed E-state index contributed by atoms with van der Waals surface area (Å²) in [4.78, 5) is 23.4. The molecule has 0 bridgehead atoms. The Labute approximate surface area is 127 Å². The summed E-state index contributed by atoms with van der Waals surface area (Å²) in [5, 5.41) is 2.83. The third-order valence-corrected chi connectivity index (χ3v) is 3.52. The number of methoxy groups -OCH3 is 1. The van der Waals surface area contributed by atoms with Crippen LogP contribution in [0.25, 0.3) is 0 Å². The molecule has 1 aromatic rings. The van der Waals surface area contributed by atoms with E-state index in [2.05, 4.69) is 26.0 Å². The van der Waals surface area contributed by atoms with Gasteiger partial charge in [-0.05, 0) is 17.7 Å². The van der Waals surface area contributed by atoms with Crippen molar-refractivity contribution in [2.45, 2.75) is 19.4 Å². The van der Waals surface area contributed by atoms with E-state index in [0.29, 0.717) is 0 Å². The Morgan fingerprint density at radius 3 is 2.45 bits per heavy atom. The first-order chi connectivity index (χ1) is 9.47. The molecular weight excluding hydrogens is 324 g/mol. The maximum atomic E-state index is 11.9. The predicted molar refractivity (Wildman–Crippen MR) is 79.9 cm³/mol. The fraction of sp³-hybridized carbons (Fsp3) is 0.429. The number of ether oxygens (including phenoxy) is 1. The van der Waals surface area contributed by atoms with Crippen molar-refractivity contribution in [1.29, 1.82) is 0 Å². The second-order valence-electron chi connectivity index (χ2n) is 4.53. The maximum Gasteiger partial charge on any atom is 0.307 e. The predicted octanol–water partition coefficient (Wildman–Crippen LogP) is 1.76. The summed E-state index contributed by atoms with van der Waals surface area (Å²) >= 11 is 3.35. The lowest BCUT2D eigenvalue weighted by atomic mass is 10.0. The Balaban J connectivity index is 2.87. The fourth-order valence-electron chi connectivity index (χ4n) is 1.62. The van der Waals surface area contributed by atoms with Gasteiger partial charge in [-0.2, -0.15) is 0 Å². The number of nitrogens with two attached hydrogens (primary N) is 1. The summed E-state index contributed by atoms with van der Waals surface area (Å²) in [5.41, 5.74) is 6.32. The molecule has 0 aliphatic heterocycles. The number of hydrogen-bond acceptors (Lipinski definition) is 4. The molecule has 0 fully saturated rings. The molecular formula is C14H19BrN2O3.